The fourth-order valence-corrected chi connectivity index (χ4v) is 2.99. The summed E-state index contributed by atoms with van der Waals surface area (Å²) in [5.41, 5.74) is -0.740. The van der Waals surface area contributed by atoms with Gasteiger partial charge in [-0.05, 0) is 36.8 Å². The van der Waals surface area contributed by atoms with Gasteiger partial charge in [0.2, 0.25) is 5.91 Å². The van der Waals surface area contributed by atoms with Gasteiger partial charge in [0, 0.05) is 11.1 Å². The van der Waals surface area contributed by atoms with Crippen LogP contribution in [0, 0.1) is 12.3 Å². The second-order valence-corrected chi connectivity index (χ2v) is 7.91. The summed E-state index contributed by atoms with van der Waals surface area (Å²) in [5.74, 6) is -0.716. The standard InChI is InChI=1S/C18H19F3N2O2S/c1-10-8-13(23-16(25)17(2,3)4)26-14(10)15(24)22-12-7-5-6-11(9-12)18(19,20)21/h5-9H,1-4H3,(H,22,24)(H,23,25). The Balaban J connectivity index is 2.17. The van der Waals surface area contributed by atoms with Crippen LogP contribution in [0.2, 0.25) is 0 Å². The molecule has 2 amide bonds. The number of anilines is 2. The van der Waals surface area contributed by atoms with Crippen LogP contribution in [-0.4, -0.2) is 11.8 Å². The Morgan fingerprint density at radius 2 is 1.69 bits per heavy atom. The van der Waals surface area contributed by atoms with E-state index in [1.165, 1.54) is 12.1 Å². The third-order valence-electron chi connectivity index (χ3n) is 3.49. The van der Waals surface area contributed by atoms with Gasteiger partial charge in [-0.3, -0.25) is 9.59 Å². The number of aryl methyl sites for hydroxylation is 1. The summed E-state index contributed by atoms with van der Waals surface area (Å²) in [5, 5.41) is 5.72. The summed E-state index contributed by atoms with van der Waals surface area (Å²) >= 11 is 1.07. The highest BCUT2D eigenvalue weighted by atomic mass is 32.1. The van der Waals surface area contributed by atoms with Crippen LogP contribution in [-0.2, 0) is 11.0 Å². The Morgan fingerprint density at radius 1 is 1.04 bits per heavy atom. The molecule has 2 N–H and O–H groups in total. The molecule has 0 aliphatic heterocycles. The summed E-state index contributed by atoms with van der Waals surface area (Å²) in [6.07, 6.45) is -4.48. The molecule has 2 rings (SSSR count). The van der Waals surface area contributed by atoms with Crippen molar-refractivity contribution in [3.05, 3.63) is 46.3 Å². The molecule has 0 saturated heterocycles. The second-order valence-electron chi connectivity index (χ2n) is 6.86. The van der Waals surface area contributed by atoms with Gasteiger partial charge in [0.25, 0.3) is 5.91 Å². The molecule has 0 atom stereocenters. The molecule has 0 fully saturated rings. The third kappa shape index (κ3) is 4.85. The first kappa shape index (κ1) is 20.0. The van der Waals surface area contributed by atoms with Gasteiger partial charge in [-0.2, -0.15) is 13.2 Å². The number of benzene rings is 1. The van der Waals surface area contributed by atoms with Gasteiger partial charge < -0.3 is 10.6 Å². The van der Waals surface area contributed by atoms with E-state index in [9.17, 15) is 22.8 Å². The van der Waals surface area contributed by atoms with E-state index in [-0.39, 0.29) is 11.6 Å². The van der Waals surface area contributed by atoms with E-state index < -0.39 is 23.1 Å². The van der Waals surface area contributed by atoms with E-state index in [4.69, 9.17) is 0 Å². The van der Waals surface area contributed by atoms with Crippen molar-refractivity contribution < 1.29 is 22.8 Å². The normalized spacial score (nSPS) is 12.0. The molecule has 0 aliphatic rings. The highest BCUT2D eigenvalue weighted by molar-refractivity contribution is 7.18. The molecule has 8 heteroatoms. The van der Waals surface area contributed by atoms with Gasteiger partial charge >= 0.3 is 6.18 Å². The molecule has 0 bridgehead atoms. The summed E-state index contributed by atoms with van der Waals surface area (Å²) < 4.78 is 38.3. The topological polar surface area (TPSA) is 58.2 Å². The first-order chi connectivity index (χ1) is 11.9. The number of nitrogens with one attached hydrogen (secondary N) is 2. The van der Waals surface area contributed by atoms with Gasteiger partial charge in [-0.25, -0.2) is 0 Å². The lowest BCUT2D eigenvalue weighted by Crippen LogP contribution is -2.27. The number of halogens is 3. The molecular weight excluding hydrogens is 365 g/mol. The van der Waals surface area contributed by atoms with Gasteiger partial charge in [0.1, 0.15) is 0 Å². The maximum absolute atomic E-state index is 12.8. The molecule has 0 aliphatic carbocycles. The molecule has 2 aromatic rings. The van der Waals surface area contributed by atoms with Crippen molar-refractivity contribution in [2.24, 2.45) is 5.41 Å². The SMILES string of the molecule is Cc1cc(NC(=O)C(C)(C)C)sc1C(=O)Nc1cccc(C(F)(F)F)c1. The maximum atomic E-state index is 12.8. The fourth-order valence-electron chi connectivity index (χ4n) is 2.03. The number of rotatable bonds is 3. The first-order valence-corrected chi connectivity index (χ1v) is 8.60. The molecule has 1 aromatic carbocycles. The molecule has 26 heavy (non-hydrogen) atoms. The van der Waals surface area contributed by atoms with E-state index in [1.807, 2.05) is 0 Å². The average molecular weight is 384 g/mol. The minimum Gasteiger partial charge on any atom is -0.321 e. The zero-order valence-electron chi connectivity index (χ0n) is 14.7. The van der Waals surface area contributed by atoms with Crippen LogP contribution in [0.4, 0.5) is 23.9 Å². The summed E-state index contributed by atoms with van der Waals surface area (Å²) in [7, 11) is 0. The minimum absolute atomic E-state index is 0.0536. The molecule has 0 saturated carbocycles. The van der Waals surface area contributed by atoms with Crippen LogP contribution < -0.4 is 10.6 Å². The fraction of sp³-hybridized carbons (Fsp3) is 0.333. The number of carbonyl (C=O) groups is 2. The predicted octanol–water partition coefficient (Wildman–Crippen LogP) is 5.31. The molecular formula is C18H19F3N2O2S. The van der Waals surface area contributed by atoms with E-state index in [0.29, 0.717) is 15.4 Å². The van der Waals surface area contributed by atoms with Crippen LogP contribution in [0.1, 0.15) is 41.6 Å². The van der Waals surface area contributed by atoms with Crippen LogP contribution in [0.3, 0.4) is 0 Å². The lowest BCUT2D eigenvalue weighted by molar-refractivity contribution is -0.137. The molecule has 4 nitrogen and oxygen atoms in total. The predicted molar refractivity (Wildman–Crippen MR) is 96.5 cm³/mol. The summed E-state index contributed by atoms with van der Waals surface area (Å²) in [6.45, 7) is 7.00. The van der Waals surface area contributed by atoms with Crippen LogP contribution in [0.5, 0.6) is 0 Å². The van der Waals surface area contributed by atoms with Gasteiger partial charge in [0.15, 0.2) is 0 Å². The van der Waals surface area contributed by atoms with Crippen molar-refractivity contribution in [3.63, 3.8) is 0 Å². The Hall–Kier alpha value is -2.35. The monoisotopic (exact) mass is 384 g/mol. The van der Waals surface area contributed by atoms with E-state index >= 15 is 0 Å². The first-order valence-electron chi connectivity index (χ1n) is 7.78. The van der Waals surface area contributed by atoms with Crippen LogP contribution >= 0.6 is 11.3 Å². The van der Waals surface area contributed by atoms with Crippen molar-refractivity contribution in [2.75, 3.05) is 10.6 Å². The van der Waals surface area contributed by atoms with Crippen molar-refractivity contribution in [3.8, 4) is 0 Å². The molecule has 0 spiro atoms. The van der Waals surface area contributed by atoms with Crippen LogP contribution in [0.25, 0.3) is 0 Å². The largest absolute Gasteiger partial charge is 0.416 e. The lowest BCUT2D eigenvalue weighted by atomic mass is 9.96. The molecule has 1 aromatic heterocycles. The van der Waals surface area contributed by atoms with Crippen molar-refractivity contribution in [2.45, 2.75) is 33.9 Å². The number of alkyl halides is 3. The Morgan fingerprint density at radius 3 is 2.27 bits per heavy atom. The van der Waals surface area contributed by atoms with Gasteiger partial charge in [0.05, 0.1) is 15.4 Å². The van der Waals surface area contributed by atoms with Crippen molar-refractivity contribution in [1.29, 1.82) is 0 Å². The van der Waals surface area contributed by atoms with Crippen LogP contribution in [0.15, 0.2) is 30.3 Å². The second kappa shape index (κ2) is 7.11. The summed E-state index contributed by atoms with van der Waals surface area (Å²) in [6, 6.07) is 6.09. The smallest absolute Gasteiger partial charge is 0.321 e. The minimum atomic E-state index is -4.48. The third-order valence-corrected chi connectivity index (χ3v) is 4.64. The number of carbonyl (C=O) groups excluding carboxylic acids is 2. The van der Waals surface area contributed by atoms with E-state index in [2.05, 4.69) is 10.6 Å². The maximum Gasteiger partial charge on any atom is 0.416 e. The number of amides is 2. The Bertz CT molecular complexity index is 836. The molecule has 1 heterocycles. The van der Waals surface area contributed by atoms with Gasteiger partial charge in [-0.1, -0.05) is 26.8 Å². The molecule has 0 unspecified atom stereocenters. The quantitative estimate of drug-likeness (QED) is 0.753. The van der Waals surface area contributed by atoms with E-state index in [1.54, 1.807) is 33.8 Å². The zero-order chi connectivity index (χ0) is 19.7. The van der Waals surface area contributed by atoms with Crippen molar-refractivity contribution >= 4 is 33.8 Å². The zero-order valence-corrected chi connectivity index (χ0v) is 15.6. The average Bonchev–Trinajstić information content (AvgIpc) is 2.86. The number of hydrogen-bond donors (Lipinski definition) is 2. The number of hydrogen-bond acceptors (Lipinski definition) is 3. The van der Waals surface area contributed by atoms with Gasteiger partial charge in [-0.15, -0.1) is 11.3 Å². The molecule has 140 valence electrons. The highest BCUT2D eigenvalue weighted by Crippen LogP contribution is 2.32. The lowest BCUT2D eigenvalue weighted by Gasteiger charge is -2.16. The Kier molecular flexibility index (Phi) is 5.46. The van der Waals surface area contributed by atoms with E-state index in [0.717, 1.165) is 23.5 Å². The Labute approximate surface area is 153 Å². The van der Waals surface area contributed by atoms with Crippen molar-refractivity contribution in [1.82, 2.24) is 0 Å². The summed E-state index contributed by atoms with van der Waals surface area (Å²) in [4.78, 5) is 24.8. The molecule has 0 radical (unpaired) electrons. The number of thiophene rings is 1. The highest BCUT2D eigenvalue weighted by Gasteiger charge is 2.30.